The number of allylic oxidation sites excluding steroid dienone is 2. The van der Waals surface area contributed by atoms with Gasteiger partial charge in [-0.2, -0.15) is 17.6 Å². The zero-order valence-electron chi connectivity index (χ0n) is 22.3. The van der Waals surface area contributed by atoms with Gasteiger partial charge in [-0.05, 0) is 43.5 Å². The van der Waals surface area contributed by atoms with Gasteiger partial charge >= 0.3 is 12.2 Å². The van der Waals surface area contributed by atoms with Crippen LogP contribution in [0.1, 0.15) is 37.2 Å². The molecular formula is C30H23F9O4. The summed E-state index contributed by atoms with van der Waals surface area (Å²) in [5, 5.41) is 0. The summed E-state index contributed by atoms with van der Waals surface area (Å²) in [5.41, 5.74) is -2.38. The zero-order chi connectivity index (χ0) is 31.3. The lowest BCUT2D eigenvalue weighted by Gasteiger charge is -2.29. The summed E-state index contributed by atoms with van der Waals surface area (Å²) < 4.78 is 146. The van der Waals surface area contributed by atoms with Gasteiger partial charge < -0.3 is 18.9 Å². The van der Waals surface area contributed by atoms with Crippen molar-refractivity contribution in [3.8, 4) is 22.6 Å². The molecule has 4 rings (SSSR count). The molecule has 13 heteroatoms. The van der Waals surface area contributed by atoms with Crippen molar-refractivity contribution in [1.82, 2.24) is 0 Å². The first-order valence-corrected chi connectivity index (χ1v) is 12.8. The third-order valence-electron chi connectivity index (χ3n) is 6.34. The Balaban J connectivity index is 1.51. The van der Waals surface area contributed by atoms with Crippen LogP contribution in [0.5, 0.6) is 11.5 Å². The quantitative estimate of drug-likeness (QED) is 0.129. The van der Waals surface area contributed by atoms with Crippen LogP contribution in [0.15, 0.2) is 67.0 Å². The smallest absolute Gasteiger partial charge is 0.432 e. The lowest BCUT2D eigenvalue weighted by Crippen LogP contribution is -2.27. The van der Waals surface area contributed by atoms with E-state index in [0.29, 0.717) is 30.9 Å². The van der Waals surface area contributed by atoms with Crippen LogP contribution in [0.3, 0.4) is 0 Å². The highest BCUT2D eigenvalue weighted by Crippen LogP contribution is 2.39. The number of hydrogen-bond acceptors (Lipinski definition) is 4. The number of ether oxygens (including phenoxy) is 4. The van der Waals surface area contributed by atoms with Crippen LogP contribution in [0, 0.1) is 35.0 Å². The highest BCUT2D eigenvalue weighted by molar-refractivity contribution is 5.65. The van der Waals surface area contributed by atoms with E-state index in [9.17, 15) is 35.1 Å². The van der Waals surface area contributed by atoms with Crippen LogP contribution in [0.2, 0.25) is 0 Å². The molecule has 1 saturated heterocycles. The maximum absolute atomic E-state index is 15.0. The minimum atomic E-state index is -4.82. The second-order valence-corrected chi connectivity index (χ2v) is 9.43. The third kappa shape index (κ3) is 7.71. The Morgan fingerprint density at radius 1 is 0.884 bits per heavy atom. The van der Waals surface area contributed by atoms with Crippen LogP contribution in [-0.4, -0.2) is 13.2 Å². The van der Waals surface area contributed by atoms with Gasteiger partial charge in [-0.15, -0.1) is 0 Å². The lowest BCUT2D eigenvalue weighted by atomic mass is 10.00. The summed E-state index contributed by atoms with van der Waals surface area (Å²) in [5.74, 6) is -10.5. The molecule has 0 aliphatic carbocycles. The third-order valence-corrected chi connectivity index (χ3v) is 6.34. The standard InChI is InChI=1S/C30H23F9O4/c1-2-3-4-5-16-13-41-29(42-14-16)17-6-7-20(21(31)8-17)18-9-22(32)27(23(33)10-18)30(38,39)43-19-11-24(34)28(25(35)12-19)40-15-26(36)37/h2-3,6-12,15-16,29H,4-5,13-14H2,1H3. The normalized spacial score (nSPS) is 17.3. The maximum atomic E-state index is 15.0. The first-order valence-electron chi connectivity index (χ1n) is 12.8. The van der Waals surface area contributed by atoms with E-state index < -0.39 is 70.2 Å². The molecule has 0 bridgehead atoms. The molecule has 1 aliphatic heterocycles. The molecule has 1 heterocycles. The fourth-order valence-electron chi connectivity index (χ4n) is 4.33. The van der Waals surface area contributed by atoms with Crippen molar-refractivity contribution < 1.29 is 58.5 Å². The molecule has 0 aromatic heterocycles. The highest BCUT2D eigenvalue weighted by Gasteiger charge is 2.42. The minimum Gasteiger partial charge on any atom is -0.453 e. The molecule has 0 spiro atoms. The van der Waals surface area contributed by atoms with Gasteiger partial charge in [0.1, 0.15) is 28.8 Å². The van der Waals surface area contributed by atoms with Crippen molar-refractivity contribution >= 4 is 0 Å². The lowest BCUT2D eigenvalue weighted by molar-refractivity contribution is -0.205. The molecular weight excluding hydrogens is 595 g/mol. The molecule has 230 valence electrons. The monoisotopic (exact) mass is 618 g/mol. The number of rotatable bonds is 10. The van der Waals surface area contributed by atoms with E-state index in [1.54, 1.807) is 0 Å². The first-order chi connectivity index (χ1) is 20.4. The van der Waals surface area contributed by atoms with Crippen molar-refractivity contribution in [2.45, 2.75) is 32.2 Å². The Hall–Kier alpha value is -3.97. The van der Waals surface area contributed by atoms with Gasteiger partial charge in [0.25, 0.3) is 0 Å². The van der Waals surface area contributed by atoms with E-state index in [1.807, 2.05) is 19.1 Å². The molecule has 43 heavy (non-hydrogen) atoms. The molecule has 1 fully saturated rings. The molecule has 3 aromatic rings. The van der Waals surface area contributed by atoms with E-state index in [4.69, 9.17) is 9.47 Å². The van der Waals surface area contributed by atoms with Crippen molar-refractivity contribution in [1.29, 1.82) is 0 Å². The van der Waals surface area contributed by atoms with Crippen molar-refractivity contribution in [2.75, 3.05) is 13.2 Å². The van der Waals surface area contributed by atoms with E-state index in [0.717, 1.165) is 18.9 Å². The van der Waals surface area contributed by atoms with Crippen LogP contribution >= 0.6 is 0 Å². The van der Waals surface area contributed by atoms with Crippen molar-refractivity contribution in [3.05, 3.63) is 107 Å². The average Bonchev–Trinajstić information content (AvgIpc) is 2.92. The molecule has 4 nitrogen and oxygen atoms in total. The average molecular weight is 618 g/mol. The molecule has 0 amide bonds. The molecule has 0 atom stereocenters. The predicted molar refractivity (Wildman–Crippen MR) is 136 cm³/mol. The SMILES string of the molecule is CC=CCCC1COC(c2ccc(-c3cc(F)c(C(F)(F)Oc4cc(F)c(OC=C(F)F)c(F)c4)c(F)c3)c(F)c2)OC1. The Morgan fingerprint density at radius 3 is 2.07 bits per heavy atom. The molecule has 0 N–H and O–H groups in total. The van der Waals surface area contributed by atoms with Gasteiger partial charge in [-0.3, -0.25) is 0 Å². The Kier molecular flexibility index (Phi) is 10.1. The largest absolute Gasteiger partial charge is 0.453 e. The Labute approximate surface area is 239 Å². The van der Waals surface area contributed by atoms with Gasteiger partial charge in [0.2, 0.25) is 0 Å². The predicted octanol–water partition coefficient (Wildman–Crippen LogP) is 9.31. The van der Waals surface area contributed by atoms with Gasteiger partial charge in [-0.1, -0.05) is 24.3 Å². The van der Waals surface area contributed by atoms with Crippen LogP contribution in [0.4, 0.5) is 39.5 Å². The van der Waals surface area contributed by atoms with Gasteiger partial charge in [0.05, 0.1) is 13.2 Å². The molecule has 0 radical (unpaired) electrons. The second kappa shape index (κ2) is 13.6. The summed E-state index contributed by atoms with van der Waals surface area (Å²) in [6.45, 7) is 2.68. The van der Waals surface area contributed by atoms with Crippen LogP contribution in [-0.2, 0) is 15.6 Å². The van der Waals surface area contributed by atoms with Gasteiger partial charge in [0.15, 0.2) is 29.9 Å². The zero-order valence-corrected chi connectivity index (χ0v) is 22.3. The topological polar surface area (TPSA) is 36.9 Å². The van der Waals surface area contributed by atoms with E-state index in [1.165, 1.54) is 12.1 Å². The van der Waals surface area contributed by atoms with Crippen molar-refractivity contribution in [3.63, 3.8) is 0 Å². The van der Waals surface area contributed by atoms with Gasteiger partial charge in [0, 0.05) is 29.2 Å². The van der Waals surface area contributed by atoms with E-state index in [-0.39, 0.29) is 29.9 Å². The summed E-state index contributed by atoms with van der Waals surface area (Å²) in [7, 11) is 0. The fraction of sp³-hybridized carbons (Fsp3) is 0.267. The van der Waals surface area contributed by atoms with E-state index in [2.05, 4.69) is 9.47 Å². The first kappa shape index (κ1) is 32.0. The Morgan fingerprint density at radius 2 is 1.51 bits per heavy atom. The van der Waals surface area contributed by atoms with E-state index >= 15 is 4.39 Å². The number of hydrogen-bond donors (Lipinski definition) is 0. The fourth-order valence-corrected chi connectivity index (χ4v) is 4.33. The molecule has 0 saturated carbocycles. The molecule has 3 aromatic carbocycles. The number of benzene rings is 3. The van der Waals surface area contributed by atoms with Gasteiger partial charge in [-0.25, -0.2) is 22.0 Å². The molecule has 0 unspecified atom stereocenters. The molecule has 1 aliphatic rings. The summed E-state index contributed by atoms with van der Waals surface area (Å²) in [6.07, 6.45) is -2.76. The summed E-state index contributed by atoms with van der Waals surface area (Å²) in [6, 6.07) is 4.77. The number of alkyl halides is 2. The van der Waals surface area contributed by atoms with Crippen LogP contribution in [0.25, 0.3) is 11.1 Å². The van der Waals surface area contributed by atoms with Crippen molar-refractivity contribution in [2.24, 2.45) is 5.92 Å². The highest BCUT2D eigenvalue weighted by atomic mass is 19.3. The Bertz CT molecular complexity index is 1470. The summed E-state index contributed by atoms with van der Waals surface area (Å²) >= 11 is 0. The second-order valence-electron chi connectivity index (χ2n) is 9.43. The number of halogens is 9. The van der Waals surface area contributed by atoms with Crippen LogP contribution < -0.4 is 9.47 Å². The minimum absolute atomic E-state index is 0.140. The maximum Gasteiger partial charge on any atom is 0.432 e. The summed E-state index contributed by atoms with van der Waals surface area (Å²) in [4.78, 5) is 0.